The Labute approximate surface area is 124 Å². The van der Waals surface area contributed by atoms with Crippen LogP contribution in [-0.2, 0) is 6.54 Å². The third-order valence-corrected chi connectivity index (χ3v) is 4.71. The molecule has 1 fully saturated rings. The summed E-state index contributed by atoms with van der Waals surface area (Å²) >= 11 is 1.80. The minimum absolute atomic E-state index is 1.06. The van der Waals surface area contributed by atoms with Crippen LogP contribution in [0.4, 0.5) is 5.13 Å². The summed E-state index contributed by atoms with van der Waals surface area (Å²) in [6.45, 7) is 9.74. The van der Waals surface area contributed by atoms with Gasteiger partial charge in [0.15, 0.2) is 5.13 Å². The second-order valence-electron chi connectivity index (χ2n) is 5.51. The largest absolute Gasteiger partial charge is 0.346 e. The van der Waals surface area contributed by atoms with Crippen molar-refractivity contribution in [3.8, 4) is 0 Å². The first-order valence-electron chi connectivity index (χ1n) is 7.16. The van der Waals surface area contributed by atoms with E-state index in [-0.39, 0.29) is 0 Å². The fraction of sp³-hybridized carbons (Fsp3) is 0.438. The lowest BCUT2D eigenvalue weighted by Crippen LogP contribution is -2.45. The molecule has 0 bridgehead atoms. The van der Waals surface area contributed by atoms with E-state index in [1.54, 1.807) is 11.3 Å². The molecule has 1 saturated heterocycles. The van der Waals surface area contributed by atoms with E-state index in [1.807, 2.05) is 6.20 Å². The molecular weight excluding hydrogens is 266 g/mol. The number of hydrogen-bond donors (Lipinski definition) is 0. The SMILES string of the molecule is Cc1cccc(CN2CCN(c3ncc(C)s3)CC2)c1. The Bertz CT molecular complexity index is 571. The van der Waals surface area contributed by atoms with Crippen LogP contribution < -0.4 is 4.90 Å². The molecule has 2 heterocycles. The van der Waals surface area contributed by atoms with E-state index >= 15 is 0 Å². The normalized spacial score (nSPS) is 16.6. The van der Waals surface area contributed by atoms with E-state index in [0.717, 1.165) is 32.7 Å². The quantitative estimate of drug-likeness (QED) is 0.865. The number of hydrogen-bond acceptors (Lipinski definition) is 4. The number of aryl methyl sites for hydroxylation is 2. The van der Waals surface area contributed by atoms with Gasteiger partial charge in [-0.2, -0.15) is 0 Å². The van der Waals surface area contributed by atoms with Crippen molar-refractivity contribution in [1.29, 1.82) is 0 Å². The Morgan fingerprint density at radius 2 is 1.95 bits per heavy atom. The number of rotatable bonds is 3. The van der Waals surface area contributed by atoms with Crippen LogP contribution in [0.5, 0.6) is 0 Å². The van der Waals surface area contributed by atoms with E-state index in [0.29, 0.717) is 0 Å². The van der Waals surface area contributed by atoms with Gasteiger partial charge in [-0.05, 0) is 19.4 Å². The molecule has 1 aromatic heterocycles. The van der Waals surface area contributed by atoms with Crippen molar-refractivity contribution in [3.05, 3.63) is 46.5 Å². The standard InChI is InChI=1S/C16H21N3S/c1-13-4-3-5-15(10-13)12-18-6-8-19(9-7-18)16-17-11-14(2)20-16/h3-5,10-11H,6-9,12H2,1-2H3. The Morgan fingerprint density at radius 1 is 1.15 bits per heavy atom. The predicted molar refractivity (Wildman–Crippen MR) is 85.5 cm³/mol. The average Bonchev–Trinajstić information content (AvgIpc) is 2.86. The summed E-state index contributed by atoms with van der Waals surface area (Å²) in [6.07, 6.45) is 1.97. The second kappa shape index (κ2) is 5.94. The lowest BCUT2D eigenvalue weighted by molar-refractivity contribution is 0.250. The summed E-state index contributed by atoms with van der Waals surface area (Å²) in [7, 11) is 0. The molecule has 0 N–H and O–H groups in total. The van der Waals surface area contributed by atoms with Gasteiger partial charge < -0.3 is 4.90 Å². The van der Waals surface area contributed by atoms with Gasteiger partial charge in [-0.15, -0.1) is 11.3 Å². The molecule has 1 aliphatic heterocycles. The van der Waals surface area contributed by atoms with Gasteiger partial charge in [0.05, 0.1) is 0 Å². The monoisotopic (exact) mass is 287 g/mol. The van der Waals surface area contributed by atoms with E-state index < -0.39 is 0 Å². The molecule has 0 aliphatic carbocycles. The van der Waals surface area contributed by atoms with Gasteiger partial charge >= 0.3 is 0 Å². The van der Waals surface area contributed by atoms with Gasteiger partial charge in [0.1, 0.15) is 0 Å². The Hall–Kier alpha value is -1.39. The fourth-order valence-corrected chi connectivity index (χ4v) is 3.47. The van der Waals surface area contributed by atoms with Crippen molar-refractivity contribution in [1.82, 2.24) is 9.88 Å². The smallest absolute Gasteiger partial charge is 0.185 e. The van der Waals surface area contributed by atoms with Gasteiger partial charge in [0.25, 0.3) is 0 Å². The van der Waals surface area contributed by atoms with Crippen molar-refractivity contribution in [2.24, 2.45) is 0 Å². The minimum Gasteiger partial charge on any atom is -0.346 e. The number of benzene rings is 1. The molecule has 3 rings (SSSR count). The van der Waals surface area contributed by atoms with Crippen LogP contribution in [0.25, 0.3) is 0 Å². The van der Waals surface area contributed by atoms with Gasteiger partial charge in [-0.1, -0.05) is 29.8 Å². The molecule has 0 spiro atoms. The summed E-state index contributed by atoms with van der Waals surface area (Å²) in [5, 5.41) is 1.18. The Morgan fingerprint density at radius 3 is 2.60 bits per heavy atom. The second-order valence-corrected chi connectivity index (χ2v) is 6.72. The van der Waals surface area contributed by atoms with Crippen molar-refractivity contribution in [2.75, 3.05) is 31.1 Å². The lowest BCUT2D eigenvalue weighted by Gasteiger charge is -2.34. The molecule has 4 heteroatoms. The summed E-state index contributed by atoms with van der Waals surface area (Å²) in [5.74, 6) is 0. The zero-order valence-corrected chi connectivity index (χ0v) is 13.0. The topological polar surface area (TPSA) is 19.4 Å². The maximum absolute atomic E-state index is 4.49. The van der Waals surface area contributed by atoms with E-state index in [4.69, 9.17) is 0 Å². The summed E-state index contributed by atoms with van der Waals surface area (Å²) in [6, 6.07) is 8.83. The van der Waals surface area contributed by atoms with E-state index in [1.165, 1.54) is 21.1 Å². The molecule has 3 nitrogen and oxygen atoms in total. The van der Waals surface area contributed by atoms with Crippen LogP contribution in [0.15, 0.2) is 30.5 Å². The molecule has 1 aliphatic rings. The lowest BCUT2D eigenvalue weighted by atomic mass is 10.1. The van der Waals surface area contributed by atoms with Crippen molar-refractivity contribution in [3.63, 3.8) is 0 Å². The van der Waals surface area contributed by atoms with Gasteiger partial charge in [-0.3, -0.25) is 4.90 Å². The maximum Gasteiger partial charge on any atom is 0.185 e. The van der Waals surface area contributed by atoms with E-state index in [9.17, 15) is 0 Å². The van der Waals surface area contributed by atoms with Crippen molar-refractivity contribution >= 4 is 16.5 Å². The molecular formula is C16H21N3S. The third kappa shape index (κ3) is 3.19. The third-order valence-electron chi connectivity index (χ3n) is 3.74. The van der Waals surface area contributed by atoms with E-state index in [2.05, 4.69) is 52.9 Å². The van der Waals surface area contributed by atoms with Crippen LogP contribution in [0.2, 0.25) is 0 Å². The summed E-state index contributed by atoms with van der Waals surface area (Å²) < 4.78 is 0. The van der Waals surface area contributed by atoms with Gasteiger partial charge in [0.2, 0.25) is 0 Å². The van der Waals surface area contributed by atoms with Crippen molar-refractivity contribution < 1.29 is 0 Å². The average molecular weight is 287 g/mol. The highest BCUT2D eigenvalue weighted by Crippen LogP contribution is 2.23. The van der Waals surface area contributed by atoms with Crippen LogP contribution in [0.3, 0.4) is 0 Å². The van der Waals surface area contributed by atoms with Gasteiger partial charge in [-0.25, -0.2) is 4.98 Å². The molecule has 0 unspecified atom stereocenters. The maximum atomic E-state index is 4.49. The molecule has 20 heavy (non-hydrogen) atoms. The molecule has 0 atom stereocenters. The highest BCUT2D eigenvalue weighted by molar-refractivity contribution is 7.15. The van der Waals surface area contributed by atoms with Crippen LogP contribution in [-0.4, -0.2) is 36.1 Å². The first-order valence-corrected chi connectivity index (χ1v) is 7.97. The minimum atomic E-state index is 1.06. The van der Waals surface area contributed by atoms with Gasteiger partial charge in [0, 0.05) is 43.8 Å². The molecule has 0 radical (unpaired) electrons. The molecule has 0 amide bonds. The number of anilines is 1. The Balaban J connectivity index is 1.56. The predicted octanol–water partition coefficient (Wildman–Crippen LogP) is 3.08. The summed E-state index contributed by atoms with van der Waals surface area (Å²) in [4.78, 5) is 10.7. The highest BCUT2D eigenvalue weighted by Gasteiger charge is 2.19. The first kappa shape index (κ1) is 13.6. The van der Waals surface area contributed by atoms with Crippen LogP contribution in [0, 0.1) is 13.8 Å². The number of piperazine rings is 1. The van der Waals surface area contributed by atoms with Crippen LogP contribution >= 0.6 is 11.3 Å². The highest BCUT2D eigenvalue weighted by atomic mass is 32.1. The number of nitrogens with zero attached hydrogens (tertiary/aromatic N) is 3. The zero-order chi connectivity index (χ0) is 13.9. The number of thiazole rings is 1. The molecule has 0 saturated carbocycles. The fourth-order valence-electron chi connectivity index (χ4n) is 2.65. The summed E-state index contributed by atoms with van der Waals surface area (Å²) in [5.41, 5.74) is 2.77. The molecule has 1 aromatic carbocycles. The number of aromatic nitrogens is 1. The first-order chi connectivity index (χ1) is 9.70. The Kier molecular flexibility index (Phi) is 4.03. The zero-order valence-electron chi connectivity index (χ0n) is 12.2. The van der Waals surface area contributed by atoms with Crippen LogP contribution in [0.1, 0.15) is 16.0 Å². The van der Waals surface area contributed by atoms with Crippen molar-refractivity contribution in [2.45, 2.75) is 20.4 Å². The molecule has 106 valence electrons. The molecule has 2 aromatic rings.